The van der Waals surface area contributed by atoms with E-state index in [1.165, 1.54) is 12.1 Å². The number of benzene rings is 3. The van der Waals surface area contributed by atoms with Crippen LogP contribution in [0.2, 0.25) is 0 Å². The molecule has 0 aliphatic rings. The molecular weight excluding hydrogens is 442 g/mol. The molecule has 1 aromatic heterocycles. The number of aromatic nitrogens is 1. The van der Waals surface area contributed by atoms with E-state index < -0.39 is 10.0 Å². The van der Waals surface area contributed by atoms with Crippen LogP contribution in [-0.2, 0) is 10.0 Å². The normalized spacial score (nSPS) is 12.5. The summed E-state index contributed by atoms with van der Waals surface area (Å²) in [5.41, 5.74) is 2.62. The maximum absolute atomic E-state index is 13.1. The Morgan fingerprint density at radius 1 is 1.03 bits per heavy atom. The van der Waals surface area contributed by atoms with Crippen LogP contribution >= 0.6 is 11.3 Å². The number of nitrogens with zero attached hydrogens (tertiary/aromatic N) is 2. The van der Waals surface area contributed by atoms with Gasteiger partial charge in [-0.15, -0.1) is 11.3 Å². The fraction of sp³-hybridized carbons (Fsp3) is 0.167. The number of anilines is 1. The van der Waals surface area contributed by atoms with E-state index in [1.807, 2.05) is 44.2 Å². The van der Waals surface area contributed by atoms with Gasteiger partial charge in [0.2, 0.25) is 0 Å². The maximum atomic E-state index is 13.1. The van der Waals surface area contributed by atoms with Gasteiger partial charge in [-0.25, -0.2) is 13.4 Å². The molecule has 1 heterocycles. The number of aryl methyl sites for hydroxylation is 1. The molecule has 1 atom stereocenters. The predicted octanol–water partition coefficient (Wildman–Crippen LogP) is 5.24. The van der Waals surface area contributed by atoms with Crippen LogP contribution in [0.5, 0.6) is 0 Å². The molecule has 0 aliphatic carbocycles. The quantitative estimate of drug-likeness (QED) is 0.422. The summed E-state index contributed by atoms with van der Waals surface area (Å²) in [6, 6.07) is 20.8. The molecule has 0 saturated carbocycles. The van der Waals surface area contributed by atoms with Crippen LogP contribution in [0, 0.1) is 6.92 Å². The van der Waals surface area contributed by atoms with E-state index in [4.69, 9.17) is 0 Å². The molecule has 0 bridgehead atoms. The number of thiazole rings is 1. The Morgan fingerprint density at radius 2 is 1.78 bits per heavy atom. The van der Waals surface area contributed by atoms with Gasteiger partial charge in [0, 0.05) is 18.3 Å². The number of sulfonamides is 1. The maximum Gasteiger partial charge on any atom is 0.261 e. The molecule has 8 heteroatoms. The summed E-state index contributed by atoms with van der Waals surface area (Å²) in [5.74, 6) is -0.274. The second kappa shape index (κ2) is 8.72. The number of amides is 1. The minimum Gasteiger partial charge on any atom is -0.333 e. The van der Waals surface area contributed by atoms with Crippen LogP contribution in [-0.4, -0.2) is 31.3 Å². The molecule has 0 radical (unpaired) electrons. The van der Waals surface area contributed by atoms with Gasteiger partial charge in [0.1, 0.15) is 5.01 Å². The van der Waals surface area contributed by atoms with Crippen molar-refractivity contribution in [2.24, 2.45) is 0 Å². The third-order valence-electron chi connectivity index (χ3n) is 5.23. The van der Waals surface area contributed by atoms with Crippen molar-refractivity contribution < 1.29 is 13.2 Å². The first-order chi connectivity index (χ1) is 15.2. The van der Waals surface area contributed by atoms with Crippen molar-refractivity contribution in [1.29, 1.82) is 0 Å². The van der Waals surface area contributed by atoms with Gasteiger partial charge in [-0.1, -0.05) is 30.3 Å². The second-order valence-electron chi connectivity index (χ2n) is 7.61. The van der Waals surface area contributed by atoms with E-state index in [9.17, 15) is 13.2 Å². The van der Waals surface area contributed by atoms with Gasteiger partial charge < -0.3 is 4.90 Å². The number of hydrogen-bond donors (Lipinski definition) is 1. The zero-order valence-electron chi connectivity index (χ0n) is 17.9. The second-order valence-corrected chi connectivity index (χ2v) is 10.4. The molecule has 164 valence electrons. The summed E-state index contributed by atoms with van der Waals surface area (Å²) >= 11 is 1.55. The van der Waals surface area contributed by atoms with Crippen LogP contribution in [0.25, 0.3) is 10.2 Å². The first-order valence-electron chi connectivity index (χ1n) is 10.1. The molecular formula is C24H23N3O3S2. The molecule has 4 aromatic rings. The van der Waals surface area contributed by atoms with Crippen molar-refractivity contribution in [3.8, 4) is 0 Å². The van der Waals surface area contributed by atoms with Gasteiger partial charge in [0.25, 0.3) is 15.9 Å². The highest BCUT2D eigenvalue weighted by atomic mass is 32.2. The van der Waals surface area contributed by atoms with Crippen molar-refractivity contribution in [1.82, 2.24) is 9.88 Å². The highest BCUT2D eigenvalue weighted by molar-refractivity contribution is 7.92. The van der Waals surface area contributed by atoms with Crippen molar-refractivity contribution in [2.75, 3.05) is 11.8 Å². The molecule has 3 aromatic carbocycles. The van der Waals surface area contributed by atoms with E-state index in [2.05, 4.69) is 9.71 Å². The van der Waals surface area contributed by atoms with Gasteiger partial charge in [-0.3, -0.25) is 9.52 Å². The standard InChI is InChI=1S/C24H23N3O3S2/c1-16-8-6-10-19(14-16)26-32(29,30)20-11-7-9-18(15-20)24(28)27(3)17(2)23-25-21-12-4-5-13-22(21)31-23/h4-15,17,26H,1-3H3. The van der Waals surface area contributed by atoms with Gasteiger partial charge in [-0.05, 0) is 61.9 Å². The van der Waals surface area contributed by atoms with Gasteiger partial charge >= 0.3 is 0 Å². The van der Waals surface area contributed by atoms with E-state index in [1.54, 1.807) is 53.6 Å². The van der Waals surface area contributed by atoms with Crippen LogP contribution in [0.15, 0.2) is 77.7 Å². The smallest absolute Gasteiger partial charge is 0.261 e. The number of rotatable bonds is 6. The van der Waals surface area contributed by atoms with Crippen LogP contribution in [0.1, 0.15) is 33.9 Å². The third kappa shape index (κ3) is 4.51. The van der Waals surface area contributed by atoms with E-state index >= 15 is 0 Å². The summed E-state index contributed by atoms with van der Waals surface area (Å²) in [6.07, 6.45) is 0. The molecule has 0 aliphatic heterocycles. The molecule has 6 nitrogen and oxygen atoms in total. The number of nitrogens with one attached hydrogen (secondary N) is 1. The lowest BCUT2D eigenvalue weighted by Crippen LogP contribution is -2.29. The largest absolute Gasteiger partial charge is 0.333 e. The monoisotopic (exact) mass is 465 g/mol. The number of carbonyl (C=O) groups excluding carboxylic acids is 1. The molecule has 0 saturated heterocycles. The fourth-order valence-corrected chi connectivity index (χ4v) is 5.49. The summed E-state index contributed by atoms with van der Waals surface area (Å²) in [7, 11) is -2.13. The molecule has 1 N–H and O–H groups in total. The molecule has 32 heavy (non-hydrogen) atoms. The summed E-state index contributed by atoms with van der Waals surface area (Å²) in [5, 5.41) is 0.826. The minimum absolute atomic E-state index is 0.0332. The van der Waals surface area contributed by atoms with Crippen LogP contribution < -0.4 is 4.72 Å². The third-order valence-corrected chi connectivity index (χ3v) is 7.82. The number of hydrogen-bond acceptors (Lipinski definition) is 5. The highest BCUT2D eigenvalue weighted by Gasteiger charge is 2.23. The van der Waals surface area contributed by atoms with Crippen molar-refractivity contribution in [2.45, 2.75) is 24.8 Å². The average Bonchev–Trinajstić information content (AvgIpc) is 3.22. The Labute approximate surface area is 191 Å². The molecule has 4 rings (SSSR count). The highest BCUT2D eigenvalue weighted by Crippen LogP contribution is 2.29. The van der Waals surface area contributed by atoms with Crippen molar-refractivity contribution in [3.63, 3.8) is 0 Å². The minimum atomic E-state index is -3.83. The van der Waals surface area contributed by atoms with Gasteiger partial charge in [0.05, 0.1) is 21.2 Å². The van der Waals surface area contributed by atoms with Gasteiger partial charge in [-0.2, -0.15) is 0 Å². The zero-order chi connectivity index (χ0) is 22.9. The van der Waals surface area contributed by atoms with Crippen molar-refractivity contribution in [3.05, 3.63) is 88.9 Å². The lowest BCUT2D eigenvalue weighted by atomic mass is 10.2. The van der Waals surface area contributed by atoms with Crippen molar-refractivity contribution >= 4 is 43.2 Å². The Bertz CT molecular complexity index is 1360. The SMILES string of the molecule is Cc1cccc(NS(=O)(=O)c2cccc(C(=O)N(C)C(C)c3nc4ccccc4s3)c2)c1. The van der Waals surface area contributed by atoms with E-state index in [0.717, 1.165) is 20.8 Å². The van der Waals surface area contributed by atoms with E-state index in [-0.39, 0.29) is 16.8 Å². The lowest BCUT2D eigenvalue weighted by Gasteiger charge is -2.23. The van der Waals surface area contributed by atoms with E-state index in [0.29, 0.717) is 11.3 Å². The fourth-order valence-electron chi connectivity index (χ4n) is 3.33. The average molecular weight is 466 g/mol. The molecule has 1 amide bonds. The summed E-state index contributed by atoms with van der Waals surface area (Å²) in [4.78, 5) is 19.4. The number of carbonyl (C=O) groups is 1. The first-order valence-corrected chi connectivity index (χ1v) is 12.4. The Hall–Kier alpha value is -3.23. The Morgan fingerprint density at radius 3 is 2.53 bits per heavy atom. The van der Waals surface area contributed by atoms with Crippen LogP contribution in [0.4, 0.5) is 5.69 Å². The topological polar surface area (TPSA) is 79.4 Å². The Kier molecular flexibility index (Phi) is 5.99. The Balaban J connectivity index is 1.57. The summed E-state index contributed by atoms with van der Waals surface area (Å²) < 4.78 is 29.4. The zero-order valence-corrected chi connectivity index (χ0v) is 19.6. The predicted molar refractivity (Wildman–Crippen MR) is 129 cm³/mol. The molecule has 0 fully saturated rings. The molecule has 0 spiro atoms. The van der Waals surface area contributed by atoms with Gasteiger partial charge in [0.15, 0.2) is 0 Å². The number of para-hydroxylation sites is 1. The molecule has 1 unspecified atom stereocenters. The first kappa shape index (κ1) is 22.0. The summed E-state index contributed by atoms with van der Waals surface area (Å²) in [6.45, 7) is 3.80. The lowest BCUT2D eigenvalue weighted by molar-refractivity contribution is 0.0742. The number of fused-ring (bicyclic) bond motifs is 1. The van der Waals surface area contributed by atoms with Crippen LogP contribution in [0.3, 0.4) is 0 Å².